The number of alkyl halides is 2. The Bertz CT molecular complexity index is 793. The van der Waals surface area contributed by atoms with Crippen molar-refractivity contribution in [2.24, 2.45) is 0 Å². The second-order valence-corrected chi connectivity index (χ2v) is 7.50. The lowest BCUT2D eigenvalue weighted by Crippen LogP contribution is -2.29. The van der Waals surface area contributed by atoms with Gasteiger partial charge in [-0.25, -0.2) is 13.4 Å². The maximum atomic E-state index is 12.9. The third-order valence-corrected chi connectivity index (χ3v) is 5.71. The molecule has 5 nitrogen and oxygen atoms in total. The highest BCUT2D eigenvalue weighted by Gasteiger charge is 2.26. The summed E-state index contributed by atoms with van der Waals surface area (Å²) in [6, 6.07) is 3.57. The molecule has 0 bridgehead atoms. The van der Waals surface area contributed by atoms with Crippen LogP contribution in [-0.2, 0) is 16.6 Å². The van der Waals surface area contributed by atoms with Gasteiger partial charge in [0.25, 0.3) is 0 Å². The molecule has 2 aromatic rings. The van der Waals surface area contributed by atoms with Crippen LogP contribution in [0.4, 0.5) is 8.78 Å². The van der Waals surface area contributed by atoms with Gasteiger partial charge >= 0.3 is 6.55 Å². The summed E-state index contributed by atoms with van der Waals surface area (Å²) in [4.78, 5) is 4.03. The molecule has 1 aromatic carbocycles. The monoisotopic (exact) mass is 343 g/mol. The number of halogens is 2. The van der Waals surface area contributed by atoms with Crippen LogP contribution in [-0.4, -0.2) is 29.3 Å². The number of rotatable bonds is 5. The van der Waals surface area contributed by atoms with Crippen molar-refractivity contribution in [3.05, 3.63) is 47.0 Å². The predicted molar refractivity (Wildman–Crippen MR) is 82.8 cm³/mol. The Morgan fingerprint density at radius 1 is 1.22 bits per heavy atom. The van der Waals surface area contributed by atoms with E-state index >= 15 is 0 Å². The minimum Gasteiger partial charge on any atom is -0.277 e. The number of hydrogen-bond donors (Lipinski definition) is 0. The molecule has 8 heteroatoms. The van der Waals surface area contributed by atoms with Crippen molar-refractivity contribution >= 4 is 10.0 Å². The Morgan fingerprint density at radius 2 is 1.78 bits per heavy atom. The third kappa shape index (κ3) is 3.42. The highest BCUT2D eigenvalue weighted by atomic mass is 32.2. The Hall–Kier alpha value is -1.80. The first-order valence-electron chi connectivity index (χ1n) is 6.98. The van der Waals surface area contributed by atoms with Crippen LogP contribution in [0.3, 0.4) is 0 Å². The van der Waals surface area contributed by atoms with Gasteiger partial charge < -0.3 is 0 Å². The summed E-state index contributed by atoms with van der Waals surface area (Å²) in [7, 11) is -2.44. The number of hydrogen-bond acceptors (Lipinski definition) is 3. The summed E-state index contributed by atoms with van der Waals surface area (Å²) >= 11 is 0. The Kier molecular flexibility index (Phi) is 4.86. The maximum Gasteiger partial charge on any atom is 0.319 e. The number of nitrogens with zero attached hydrogens (tertiary/aromatic N) is 3. The minimum absolute atomic E-state index is 0.00603. The summed E-state index contributed by atoms with van der Waals surface area (Å²) < 4.78 is 53.0. The lowest BCUT2D eigenvalue weighted by Gasteiger charge is -2.20. The normalized spacial score (nSPS) is 12.3. The molecule has 0 radical (unpaired) electrons. The summed E-state index contributed by atoms with van der Waals surface area (Å²) in [5, 5.41) is 0. The highest BCUT2D eigenvalue weighted by molar-refractivity contribution is 7.89. The molecule has 1 heterocycles. The van der Waals surface area contributed by atoms with Gasteiger partial charge in [0.2, 0.25) is 10.0 Å². The van der Waals surface area contributed by atoms with E-state index in [0.717, 1.165) is 16.1 Å². The van der Waals surface area contributed by atoms with Gasteiger partial charge in [-0.1, -0.05) is 17.7 Å². The molecular weight excluding hydrogens is 324 g/mol. The minimum atomic E-state index is -3.80. The van der Waals surface area contributed by atoms with E-state index in [9.17, 15) is 17.2 Å². The van der Waals surface area contributed by atoms with Gasteiger partial charge in [0.15, 0.2) is 0 Å². The van der Waals surface area contributed by atoms with Crippen LogP contribution in [0, 0.1) is 20.8 Å². The van der Waals surface area contributed by atoms with Crippen molar-refractivity contribution < 1.29 is 17.2 Å². The molecule has 0 unspecified atom stereocenters. The van der Waals surface area contributed by atoms with Gasteiger partial charge in [-0.2, -0.15) is 13.1 Å². The fourth-order valence-electron chi connectivity index (χ4n) is 2.66. The lowest BCUT2D eigenvalue weighted by molar-refractivity contribution is 0.0658. The molecule has 0 spiro atoms. The van der Waals surface area contributed by atoms with Crippen molar-refractivity contribution in [1.82, 2.24) is 13.9 Å². The summed E-state index contributed by atoms with van der Waals surface area (Å²) in [6.07, 6.45) is 2.35. The first-order valence-corrected chi connectivity index (χ1v) is 8.42. The molecule has 1 aromatic heterocycles. The molecule has 0 aliphatic rings. The van der Waals surface area contributed by atoms with Crippen LogP contribution >= 0.6 is 0 Å². The van der Waals surface area contributed by atoms with Crippen LogP contribution in [0.1, 0.15) is 29.1 Å². The van der Waals surface area contributed by atoms with E-state index in [1.54, 1.807) is 26.0 Å². The average molecular weight is 343 g/mol. The lowest BCUT2D eigenvalue weighted by atomic mass is 10.1. The third-order valence-electron chi connectivity index (χ3n) is 3.60. The molecule has 23 heavy (non-hydrogen) atoms. The number of aromatic nitrogens is 2. The van der Waals surface area contributed by atoms with E-state index in [4.69, 9.17) is 0 Å². The van der Waals surface area contributed by atoms with E-state index < -0.39 is 16.6 Å². The van der Waals surface area contributed by atoms with Crippen molar-refractivity contribution in [1.29, 1.82) is 0 Å². The Morgan fingerprint density at radius 3 is 2.30 bits per heavy atom. The molecule has 0 saturated carbocycles. The molecule has 0 fully saturated rings. The number of aryl methyl sites for hydroxylation is 3. The van der Waals surface area contributed by atoms with Crippen molar-refractivity contribution in [3.8, 4) is 0 Å². The van der Waals surface area contributed by atoms with Gasteiger partial charge in [0.1, 0.15) is 5.82 Å². The molecule has 0 aliphatic carbocycles. The molecular formula is C15H19F2N3O2S. The number of benzene rings is 1. The summed E-state index contributed by atoms with van der Waals surface area (Å²) in [5.41, 5.74) is 2.23. The molecule has 0 saturated heterocycles. The highest BCUT2D eigenvalue weighted by Crippen LogP contribution is 2.25. The van der Waals surface area contributed by atoms with Crippen LogP contribution in [0.25, 0.3) is 0 Å². The van der Waals surface area contributed by atoms with Gasteiger partial charge in [-0.05, 0) is 31.9 Å². The summed E-state index contributed by atoms with van der Waals surface area (Å²) in [6.45, 7) is 2.35. The van der Waals surface area contributed by atoms with Crippen molar-refractivity contribution in [3.63, 3.8) is 0 Å². The molecule has 0 N–H and O–H groups in total. The van der Waals surface area contributed by atoms with Gasteiger partial charge in [0, 0.05) is 19.4 Å². The predicted octanol–water partition coefficient (Wildman–Crippen LogP) is 3.02. The van der Waals surface area contributed by atoms with Crippen LogP contribution in [0.15, 0.2) is 29.4 Å². The van der Waals surface area contributed by atoms with Crippen LogP contribution < -0.4 is 0 Å². The fraction of sp³-hybridized carbons (Fsp3) is 0.400. The average Bonchev–Trinajstić information content (AvgIpc) is 2.85. The fourth-order valence-corrected chi connectivity index (χ4v) is 4.19. The number of imidazole rings is 1. The van der Waals surface area contributed by atoms with Crippen molar-refractivity contribution in [2.75, 3.05) is 7.05 Å². The first-order chi connectivity index (χ1) is 10.6. The van der Waals surface area contributed by atoms with Gasteiger partial charge in [-0.3, -0.25) is 4.57 Å². The second-order valence-electron chi connectivity index (χ2n) is 5.52. The van der Waals surface area contributed by atoms with E-state index in [0.29, 0.717) is 15.7 Å². The second kappa shape index (κ2) is 6.37. The molecule has 2 rings (SSSR count). The topological polar surface area (TPSA) is 55.2 Å². The van der Waals surface area contributed by atoms with E-state index in [1.165, 1.54) is 13.2 Å². The molecule has 0 amide bonds. The smallest absolute Gasteiger partial charge is 0.277 e. The Labute approximate surface area is 134 Å². The van der Waals surface area contributed by atoms with Crippen LogP contribution in [0.5, 0.6) is 0 Å². The van der Waals surface area contributed by atoms with E-state index in [1.807, 2.05) is 6.92 Å². The number of sulfonamides is 1. The standard InChI is InChI=1S/C15H19F2N3O2S/c1-10-7-11(2)14(12(3)8-10)23(21,22)19(4)9-13-18-5-6-20(13)15(16)17/h5-8,15H,9H2,1-4H3. The largest absolute Gasteiger partial charge is 0.319 e. The van der Waals surface area contributed by atoms with Gasteiger partial charge in [0.05, 0.1) is 11.4 Å². The van der Waals surface area contributed by atoms with Crippen LogP contribution in [0.2, 0.25) is 0 Å². The molecule has 126 valence electrons. The zero-order valence-corrected chi connectivity index (χ0v) is 14.2. The van der Waals surface area contributed by atoms with E-state index in [2.05, 4.69) is 4.98 Å². The quantitative estimate of drug-likeness (QED) is 0.838. The SMILES string of the molecule is Cc1cc(C)c(S(=O)(=O)N(C)Cc2nccn2C(F)F)c(C)c1. The summed E-state index contributed by atoms with van der Waals surface area (Å²) in [5.74, 6) is -0.00603. The maximum absolute atomic E-state index is 12.9. The molecule has 0 aliphatic heterocycles. The zero-order valence-electron chi connectivity index (χ0n) is 13.4. The van der Waals surface area contributed by atoms with E-state index in [-0.39, 0.29) is 17.3 Å². The van der Waals surface area contributed by atoms with Crippen molar-refractivity contribution in [2.45, 2.75) is 38.8 Å². The zero-order chi connectivity index (χ0) is 17.4. The first kappa shape index (κ1) is 17.6. The van der Waals surface area contributed by atoms with Gasteiger partial charge in [-0.15, -0.1) is 0 Å². The molecule has 0 atom stereocenters. The Balaban J connectivity index is 2.38.